The fourth-order valence-corrected chi connectivity index (χ4v) is 2.45. The summed E-state index contributed by atoms with van der Waals surface area (Å²) in [6.45, 7) is -0.383. The van der Waals surface area contributed by atoms with Gasteiger partial charge in [-0.1, -0.05) is 0 Å². The maximum Gasteiger partial charge on any atom is 0.411 e. The number of alkyl halides is 3. The zero-order chi connectivity index (χ0) is 13.9. The van der Waals surface area contributed by atoms with E-state index in [0.717, 1.165) is 19.3 Å². The average molecular weight is 276 g/mol. The highest BCUT2D eigenvalue weighted by molar-refractivity contribution is 5.29. The van der Waals surface area contributed by atoms with Crippen molar-refractivity contribution in [3.05, 3.63) is 23.5 Å². The van der Waals surface area contributed by atoms with Crippen molar-refractivity contribution >= 4 is 0 Å². The molecule has 1 atom stereocenters. The maximum absolute atomic E-state index is 11.9. The van der Waals surface area contributed by atoms with Gasteiger partial charge in [0.25, 0.3) is 0 Å². The Kier molecular flexibility index (Phi) is 4.52. The van der Waals surface area contributed by atoms with Crippen LogP contribution in [0.25, 0.3) is 0 Å². The summed E-state index contributed by atoms with van der Waals surface area (Å²) in [7, 11) is 0. The lowest BCUT2D eigenvalue weighted by molar-refractivity contribution is -0.174. The lowest BCUT2D eigenvalue weighted by Gasteiger charge is -2.17. The molecule has 1 aromatic heterocycles. The van der Waals surface area contributed by atoms with E-state index in [2.05, 4.69) is 10.9 Å². The quantitative estimate of drug-likeness (QED) is 0.840. The number of fused-ring (bicyclic) bond motifs is 1. The largest absolute Gasteiger partial charge is 0.411 e. The fourth-order valence-electron chi connectivity index (χ4n) is 2.45. The molecule has 6 heteroatoms. The molecule has 0 aromatic carbocycles. The molecule has 0 saturated heterocycles. The van der Waals surface area contributed by atoms with Crippen LogP contribution in [0.15, 0.2) is 12.4 Å². The van der Waals surface area contributed by atoms with Crippen molar-refractivity contribution in [2.24, 2.45) is 5.73 Å². The molecule has 1 heterocycles. The van der Waals surface area contributed by atoms with Crippen LogP contribution in [0.3, 0.4) is 0 Å². The molecule has 0 aliphatic heterocycles. The normalized spacial score (nSPS) is 19.5. The van der Waals surface area contributed by atoms with Crippen LogP contribution in [-0.2, 0) is 17.7 Å². The summed E-state index contributed by atoms with van der Waals surface area (Å²) in [4.78, 5) is 0. The molecule has 3 nitrogen and oxygen atoms in total. The number of hydrogen-bond acceptors (Lipinski definition) is 2. The van der Waals surface area contributed by atoms with Gasteiger partial charge < -0.3 is 15.0 Å². The van der Waals surface area contributed by atoms with Crippen LogP contribution in [0.1, 0.15) is 36.4 Å². The Morgan fingerprint density at radius 2 is 2.16 bits per heavy atom. The topological polar surface area (TPSA) is 40.2 Å². The van der Waals surface area contributed by atoms with Crippen molar-refractivity contribution in [2.75, 3.05) is 13.2 Å². The van der Waals surface area contributed by atoms with Gasteiger partial charge in [-0.2, -0.15) is 13.2 Å². The van der Waals surface area contributed by atoms with E-state index in [1.165, 1.54) is 11.1 Å². The van der Waals surface area contributed by atoms with Gasteiger partial charge in [0.05, 0.1) is 0 Å². The van der Waals surface area contributed by atoms with Gasteiger partial charge >= 0.3 is 6.18 Å². The molecule has 1 unspecified atom stereocenters. The number of nitrogens with two attached hydrogens (primary N) is 1. The van der Waals surface area contributed by atoms with Gasteiger partial charge in [0, 0.05) is 31.6 Å². The standard InChI is InChI=1S/C13H19F3N2O/c14-13(15,16)9-19-6-2-5-18-7-10-3-1-4-12(17)11(10)8-18/h7-8,12H,1-6,9,17H2. The average Bonchev–Trinajstić information content (AvgIpc) is 2.71. The second kappa shape index (κ2) is 5.96. The molecule has 0 fully saturated rings. The molecule has 2 N–H and O–H groups in total. The summed E-state index contributed by atoms with van der Waals surface area (Å²) in [5, 5.41) is 0. The van der Waals surface area contributed by atoms with Crippen molar-refractivity contribution in [3.63, 3.8) is 0 Å². The van der Waals surface area contributed by atoms with Gasteiger partial charge in [-0.15, -0.1) is 0 Å². The second-order valence-electron chi connectivity index (χ2n) is 5.00. The van der Waals surface area contributed by atoms with E-state index >= 15 is 0 Å². The van der Waals surface area contributed by atoms with Gasteiger partial charge in [0.2, 0.25) is 0 Å². The number of ether oxygens (including phenoxy) is 1. The third-order valence-corrected chi connectivity index (χ3v) is 3.33. The summed E-state index contributed by atoms with van der Waals surface area (Å²) in [5.41, 5.74) is 8.48. The smallest absolute Gasteiger partial charge is 0.372 e. The number of aryl methyl sites for hydroxylation is 2. The zero-order valence-corrected chi connectivity index (χ0v) is 10.7. The van der Waals surface area contributed by atoms with Gasteiger partial charge in [-0.05, 0) is 36.8 Å². The summed E-state index contributed by atoms with van der Waals surface area (Å²) in [6.07, 6.45) is 3.55. The molecule has 1 aromatic rings. The van der Waals surface area contributed by atoms with Crippen molar-refractivity contribution in [1.29, 1.82) is 0 Å². The van der Waals surface area contributed by atoms with E-state index in [4.69, 9.17) is 5.73 Å². The predicted molar refractivity (Wildman–Crippen MR) is 65.8 cm³/mol. The molecular formula is C13H19F3N2O. The molecule has 2 rings (SSSR count). The van der Waals surface area contributed by atoms with E-state index in [0.29, 0.717) is 13.0 Å². The summed E-state index contributed by atoms with van der Waals surface area (Å²) < 4.78 is 42.2. The van der Waals surface area contributed by atoms with Crippen LogP contribution in [-0.4, -0.2) is 24.0 Å². The van der Waals surface area contributed by atoms with Crippen LogP contribution >= 0.6 is 0 Å². The SMILES string of the molecule is NC1CCCc2cn(CCCOCC(F)(F)F)cc21. The first kappa shape index (κ1) is 14.4. The summed E-state index contributed by atoms with van der Waals surface area (Å²) in [6, 6.07) is 0.103. The van der Waals surface area contributed by atoms with E-state index in [9.17, 15) is 13.2 Å². The first-order valence-electron chi connectivity index (χ1n) is 6.54. The van der Waals surface area contributed by atoms with Crippen LogP contribution in [0.5, 0.6) is 0 Å². The van der Waals surface area contributed by atoms with E-state index in [1.807, 2.05) is 10.8 Å². The number of aromatic nitrogens is 1. The Bertz CT molecular complexity index is 415. The Hall–Kier alpha value is -1.01. The van der Waals surface area contributed by atoms with Gasteiger partial charge in [0.1, 0.15) is 6.61 Å². The van der Waals surface area contributed by atoms with Crippen LogP contribution in [0.4, 0.5) is 13.2 Å². The molecule has 0 spiro atoms. The molecule has 0 radical (unpaired) electrons. The second-order valence-corrected chi connectivity index (χ2v) is 5.00. The molecule has 19 heavy (non-hydrogen) atoms. The highest BCUT2D eigenvalue weighted by Gasteiger charge is 2.27. The number of halogens is 3. The Balaban J connectivity index is 1.75. The van der Waals surface area contributed by atoms with Crippen LogP contribution in [0.2, 0.25) is 0 Å². The highest BCUT2D eigenvalue weighted by Crippen LogP contribution is 2.28. The van der Waals surface area contributed by atoms with Gasteiger partial charge in [0.15, 0.2) is 0 Å². The highest BCUT2D eigenvalue weighted by atomic mass is 19.4. The molecule has 0 amide bonds. The monoisotopic (exact) mass is 276 g/mol. The van der Waals surface area contributed by atoms with Gasteiger partial charge in [-0.3, -0.25) is 0 Å². The first-order chi connectivity index (χ1) is 8.96. The summed E-state index contributed by atoms with van der Waals surface area (Å²) in [5.74, 6) is 0. The zero-order valence-electron chi connectivity index (χ0n) is 10.7. The Labute approximate surface area is 110 Å². The maximum atomic E-state index is 11.9. The van der Waals surface area contributed by atoms with Crippen molar-refractivity contribution in [2.45, 2.75) is 44.4 Å². The molecule has 1 aliphatic carbocycles. The summed E-state index contributed by atoms with van der Waals surface area (Å²) >= 11 is 0. The van der Waals surface area contributed by atoms with Crippen LogP contribution < -0.4 is 5.73 Å². The molecule has 0 saturated carbocycles. The van der Waals surface area contributed by atoms with E-state index in [1.54, 1.807) is 0 Å². The predicted octanol–water partition coefficient (Wildman–Crippen LogP) is 2.79. The lowest BCUT2D eigenvalue weighted by atomic mass is 9.92. The molecular weight excluding hydrogens is 257 g/mol. The van der Waals surface area contributed by atoms with Crippen LogP contribution in [0, 0.1) is 0 Å². The Morgan fingerprint density at radius 3 is 2.84 bits per heavy atom. The third-order valence-electron chi connectivity index (χ3n) is 3.33. The van der Waals surface area contributed by atoms with Crippen molar-refractivity contribution in [3.8, 4) is 0 Å². The fraction of sp³-hybridized carbons (Fsp3) is 0.692. The molecule has 1 aliphatic rings. The van der Waals surface area contributed by atoms with Crippen molar-refractivity contribution in [1.82, 2.24) is 4.57 Å². The molecule has 0 bridgehead atoms. The number of rotatable bonds is 5. The van der Waals surface area contributed by atoms with Crippen molar-refractivity contribution < 1.29 is 17.9 Å². The first-order valence-corrected chi connectivity index (χ1v) is 6.54. The third kappa shape index (κ3) is 4.24. The van der Waals surface area contributed by atoms with Gasteiger partial charge in [-0.25, -0.2) is 0 Å². The number of hydrogen-bond donors (Lipinski definition) is 1. The van der Waals surface area contributed by atoms with E-state index < -0.39 is 12.8 Å². The lowest BCUT2D eigenvalue weighted by Crippen LogP contribution is -2.17. The Morgan fingerprint density at radius 1 is 1.37 bits per heavy atom. The minimum absolute atomic E-state index is 0.103. The number of nitrogens with zero attached hydrogens (tertiary/aromatic N) is 1. The molecule has 108 valence electrons. The minimum Gasteiger partial charge on any atom is -0.372 e. The van der Waals surface area contributed by atoms with E-state index in [-0.39, 0.29) is 12.6 Å². The minimum atomic E-state index is -4.24.